The Kier molecular flexibility index (Phi) is 4.67. The number of aromatic amines is 1. The summed E-state index contributed by atoms with van der Waals surface area (Å²) < 4.78 is 0. The van der Waals surface area contributed by atoms with Crippen molar-refractivity contribution in [1.29, 1.82) is 0 Å². The van der Waals surface area contributed by atoms with Crippen LogP contribution in [0.15, 0.2) is 67.0 Å². The molecular weight excluding hydrogens is 304 g/mol. The molecule has 0 aliphatic carbocycles. The number of benzene rings is 2. The van der Waals surface area contributed by atoms with Crippen LogP contribution in [0.4, 0.5) is 0 Å². The molecule has 2 aromatic carbocycles. The van der Waals surface area contributed by atoms with Crippen LogP contribution in [-0.4, -0.2) is 21.8 Å². The number of amides is 2. The van der Waals surface area contributed by atoms with Crippen LogP contribution in [0.3, 0.4) is 0 Å². The number of hydrogen-bond donors (Lipinski definition) is 3. The number of H-pyrrole nitrogens is 1. The molecule has 1 aromatic heterocycles. The summed E-state index contributed by atoms with van der Waals surface area (Å²) in [6.07, 6.45) is 1.64. The van der Waals surface area contributed by atoms with Crippen LogP contribution >= 0.6 is 0 Å². The van der Waals surface area contributed by atoms with Crippen molar-refractivity contribution in [3.8, 4) is 11.3 Å². The molecule has 0 aliphatic heterocycles. The Hall–Kier alpha value is -3.41. The van der Waals surface area contributed by atoms with E-state index in [-0.39, 0.29) is 12.3 Å². The summed E-state index contributed by atoms with van der Waals surface area (Å²) in [6.45, 7) is 0. The molecule has 0 fully saturated rings. The molecular formula is C18H16N4O2. The highest BCUT2D eigenvalue weighted by Crippen LogP contribution is 2.19. The van der Waals surface area contributed by atoms with Gasteiger partial charge >= 0.3 is 0 Å². The first kappa shape index (κ1) is 15.5. The van der Waals surface area contributed by atoms with Crippen LogP contribution in [0.25, 0.3) is 11.3 Å². The number of imidazole rings is 1. The summed E-state index contributed by atoms with van der Waals surface area (Å²) in [5.74, 6) is -0.747. The fourth-order valence-corrected chi connectivity index (χ4v) is 2.30. The molecule has 2 amide bonds. The van der Waals surface area contributed by atoms with E-state index in [1.807, 2.05) is 60.7 Å². The molecule has 120 valence electrons. The number of aromatic nitrogens is 2. The molecule has 0 saturated heterocycles. The third kappa shape index (κ3) is 3.67. The van der Waals surface area contributed by atoms with E-state index in [4.69, 9.17) is 0 Å². The van der Waals surface area contributed by atoms with E-state index in [1.54, 1.807) is 0 Å². The molecule has 0 atom stereocenters. The van der Waals surface area contributed by atoms with Crippen LogP contribution in [0.1, 0.15) is 16.1 Å². The SMILES string of the molecule is O=C(Cc1ccccc1)NNC(=O)c1[nH]cnc1-c1ccccc1. The summed E-state index contributed by atoms with van der Waals surface area (Å²) >= 11 is 0. The second kappa shape index (κ2) is 7.23. The Labute approximate surface area is 138 Å². The van der Waals surface area contributed by atoms with Crippen molar-refractivity contribution >= 4 is 11.8 Å². The van der Waals surface area contributed by atoms with Crippen molar-refractivity contribution in [2.24, 2.45) is 0 Å². The lowest BCUT2D eigenvalue weighted by Crippen LogP contribution is -2.42. The summed E-state index contributed by atoms with van der Waals surface area (Å²) in [5.41, 5.74) is 7.33. The lowest BCUT2D eigenvalue weighted by Gasteiger charge is -2.07. The van der Waals surface area contributed by atoms with Gasteiger partial charge in [-0.25, -0.2) is 4.98 Å². The van der Waals surface area contributed by atoms with Crippen molar-refractivity contribution in [2.75, 3.05) is 0 Å². The van der Waals surface area contributed by atoms with E-state index < -0.39 is 5.91 Å². The number of hydrogen-bond acceptors (Lipinski definition) is 3. The molecule has 0 saturated carbocycles. The summed E-state index contributed by atoms with van der Waals surface area (Å²) in [6, 6.07) is 18.7. The quantitative estimate of drug-likeness (QED) is 0.643. The highest BCUT2D eigenvalue weighted by Gasteiger charge is 2.16. The Bertz CT molecular complexity index is 828. The molecule has 24 heavy (non-hydrogen) atoms. The summed E-state index contributed by atoms with van der Waals surface area (Å²) in [4.78, 5) is 31.1. The van der Waals surface area contributed by atoms with E-state index >= 15 is 0 Å². The number of hydrazine groups is 1. The van der Waals surface area contributed by atoms with Crippen LogP contribution in [0.5, 0.6) is 0 Å². The van der Waals surface area contributed by atoms with Crippen molar-refractivity contribution in [3.05, 3.63) is 78.2 Å². The van der Waals surface area contributed by atoms with E-state index in [0.717, 1.165) is 11.1 Å². The van der Waals surface area contributed by atoms with Gasteiger partial charge in [-0.05, 0) is 5.56 Å². The fourth-order valence-electron chi connectivity index (χ4n) is 2.30. The normalized spacial score (nSPS) is 10.2. The smallest absolute Gasteiger partial charge is 0.288 e. The van der Waals surface area contributed by atoms with E-state index in [0.29, 0.717) is 11.4 Å². The van der Waals surface area contributed by atoms with Gasteiger partial charge in [0.25, 0.3) is 5.91 Å². The van der Waals surface area contributed by atoms with Crippen molar-refractivity contribution in [2.45, 2.75) is 6.42 Å². The van der Waals surface area contributed by atoms with Gasteiger partial charge in [0.15, 0.2) is 0 Å². The topological polar surface area (TPSA) is 86.9 Å². The number of carbonyl (C=O) groups is 2. The minimum atomic E-state index is -0.451. The summed E-state index contributed by atoms with van der Waals surface area (Å²) in [7, 11) is 0. The molecule has 0 spiro atoms. The Balaban J connectivity index is 1.62. The number of rotatable bonds is 4. The maximum absolute atomic E-state index is 12.3. The first-order valence-electron chi connectivity index (χ1n) is 7.46. The van der Waals surface area contributed by atoms with Gasteiger partial charge in [0, 0.05) is 5.56 Å². The Morgan fingerprint density at radius 3 is 2.29 bits per heavy atom. The zero-order chi connectivity index (χ0) is 16.8. The van der Waals surface area contributed by atoms with Crippen molar-refractivity contribution < 1.29 is 9.59 Å². The molecule has 0 unspecified atom stereocenters. The van der Waals surface area contributed by atoms with Gasteiger partial charge in [0.2, 0.25) is 5.91 Å². The lowest BCUT2D eigenvalue weighted by molar-refractivity contribution is -0.121. The van der Waals surface area contributed by atoms with Crippen LogP contribution in [0, 0.1) is 0 Å². The molecule has 3 rings (SSSR count). The van der Waals surface area contributed by atoms with Crippen molar-refractivity contribution in [3.63, 3.8) is 0 Å². The van der Waals surface area contributed by atoms with Gasteiger partial charge < -0.3 is 4.98 Å². The number of nitrogens with zero attached hydrogens (tertiary/aromatic N) is 1. The van der Waals surface area contributed by atoms with Crippen LogP contribution < -0.4 is 10.9 Å². The number of carbonyl (C=O) groups excluding carboxylic acids is 2. The standard InChI is InChI=1S/C18H16N4O2/c23-15(11-13-7-3-1-4-8-13)21-22-18(24)17-16(19-12-20-17)14-9-5-2-6-10-14/h1-10,12H,11H2,(H,19,20)(H,21,23)(H,22,24). The highest BCUT2D eigenvalue weighted by atomic mass is 16.2. The second-order valence-electron chi connectivity index (χ2n) is 5.16. The molecule has 3 N–H and O–H groups in total. The monoisotopic (exact) mass is 320 g/mol. The van der Waals surface area contributed by atoms with E-state index in [9.17, 15) is 9.59 Å². The van der Waals surface area contributed by atoms with Gasteiger partial charge in [-0.1, -0.05) is 60.7 Å². The van der Waals surface area contributed by atoms with E-state index in [1.165, 1.54) is 6.33 Å². The number of nitrogens with one attached hydrogen (secondary N) is 3. The van der Waals surface area contributed by atoms with Gasteiger partial charge in [-0.2, -0.15) is 0 Å². The molecule has 3 aromatic rings. The van der Waals surface area contributed by atoms with Crippen LogP contribution in [0.2, 0.25) is 0 Å². The van der Waals surface area contributed by atoms with Gasteiger partial charge in [0.05, 0.1) is 12.7 Å². The van der Waals surface area contributed by atoms with Gasteiger partial charge in [0.1, 0.15) is 11.4 Å². The maximum atomic E-state index is 12.3. The average molecular weight is 320 g/mol. The van der Waals surface area contributed by atoms with Crippen molar-refractivity contribution in [1.82, 2.24) is 20.8 Å². The Morgan fingerprint density at radius 2 is 1.58 bits per heavy atom. The Morgan fingerprint density at radius 1 is 0.917 bits per heavy atom. The predicted molar refractivity (Wildman–Crippen MR) is 89.8 cm³/mol. The molecule has 6 heteroatoms. The minimum Gasteiger partial charge on any atom is -0.340 e. The third-order valence-electron chi connectivity index (χ3n) is 3.44. The third-order valence-corrected chi connectivity index (χ3v) is 3.44. The highest BCUT2D eigenvalue weighted by molar-refractivity contribution is 5.99. The lowest BCUT2D eigenvalue weighted by atomic mass is 10.1. The van der Waals surface area contributed by atoms with Crippen LogP contribution in [-0.2, 0) is 11.2 Å². The molecule has 6 nitrogen and oxygen atoms in total. The minimum absolute atomic E-state index is 0.190. The van der Waals surface area contributed by atoms with Gasteiger partial charge in [-0.15, -0.1) is 0 Å². The summed E-state index contributed by atoms with van der Waals surface area (Å²) in [5, 5.41) is 0. The first-order chi connectivity index (χ1) is 11.7. The molecule has 1 heterocycles. The predicted octanol–water partition coefficient (Wildman–Crippen LogP) is 2.08. The van der Waals surface area contributed by atoms with Gasteiger partial charge in [-0.3, -0.25) is 20.4 Å². The molecule has 0 aliphatic rings. The fraction of sp³-hybridized carbons (Fsp3) is 0.0556. The van der Waals surface area contributed by atoms with E-state index in [2.05, 4.69) is 20.8 Å². The largest absolute Gasteiger partial charge is 0.340 e. The first-order valence-corrected chi connectivity index (χ1v) is 7.46. The molecule has 0 bridgehead atoms. The average Bonchev–Trinajstić information content (AvgIpc) is 3.11. The molecule has 0 radical (unpaired) electrons. The second-order valence-corrected chi connectivity index (χ2v) is 5.16. The maximum Gasteiger partial charge on any atom is 0.288 e. The zero-order valence-electron chi connectivity index (χ0n) is 12.8. The zero-order valence-corrected chi connectivity index (χ0v) is 12.8.